The Labute approximate surface area is 126 Å². The number of rotatable bonds is 6. The van der Waals surface area contributed by atoms with Crippen molar-refractivity contribution in [3.05, 3.63) is 22.2 Å². The minimum atomic E-state index is -0.0290. The van der Waals surface area contributed by atoms with Crippen LogP contribution in [0.2, 0.25) is 0 Å². The van der Waals surface area contributed by atoms with Gasteiger partial charge in [-0.3, -0.25) is 4.79 Å². The van der Waals surface area contributed by atoms with Crippen LogP contribution in [0.25, 0.3) is 0 Å². The first-order valence-corrected chi connectivity index (χ1v) is 8.41. The number of H-pyrrole nitrogens is 1. The Balaban J connectivity index is 1.69. The fraction of sp³-hybridized carbons (Fsp3) is 0.765. The molecular formula is C17H27N3O. The van der Waals surface area contributed by atoms with Crippen LogP contribution in [0.15, 0.2) is 10.9 Å². The molecule has 116 valence electrons. The highest BCUT2D eigenvalue weighted by atomic mass is 16.1. The number of aromatic amines is 1. The smallest absolute Gasteiger partial charge is 0.252 e. The zero-order chi connectivity index (χ0) is 14.9. The van der Waals surface area contributed by atoms with E-state index in [0.717, 1.165) is 36.9 Å². The van der Waals surface area contributed by atoms with Crippen LogP contribution >= 0.6 is 0 Å². The minimum absolute atomic E-state index is 0.0290. The van der Waals surface area contributed by atoms with Crippen molar-refractivity contribution in [1.82, 2.24) is 9.97 Å². The second-order valence-electron chi connectivity index (χ2n) is 7.45. The highest BCUT2D eigenvalue weighted by Gasteiger charge is 2.34. The highest BCUT2D eigenvalue weighted by Crippen LogP contribution is 2.43. The van der Waals surface area contributed by atoms with Gasteiger partial charge in [0.2, 0.25) is 0 Å². The van der Waals surface area contributed by atoms with Crippen LogP contribution in [-0.2, 0) is 0 Å². The van der Waals surface area contributed by atoms with Gasteiger partial charge in [0, 0.05) is 18.5 Å². The minimum Gasteiger partial charge on any atom is -0.369 e. The second kappa shape index (κ2) is 5.82. The molecule has 0 amide bonds. The van der Waals surface area contributed by atoms with E-state index in [1.54, 1.807) is 6.07 Å². The van der Waals surface area contributed by atoms with Crippen molar-refractivity contribution in [1.29, 1.82) is 0 Å². The molecule has 21 heavy (non-hydrogen) atoms. The maximum atomic E-state index is 11.8. The van der Waals surface area contributed by atoms with E-state index in [2.05, 4.69) is 29.1 Å². The van der Waals surface area contributed by atoms with Crippen molar-refractivity contribution in [3.63, 3.8) is 0 Å². The van der Waals surface area contributed by atoms with E-state index in [0.29, 0.717) is 11.3 Å². The van der Waals surface area contributed by atoms with Gasteiger partial charge < -0.3 is 10.3 Å². The van der Waals surface area contributed by atoms with Gasteiger partial charge in [0.15, 0.2) is 0 Å². The summed E-state index contributed by atoms with van der Waals surface area (Å²) in [5.41, 5.74) is 0.372. The molecular weight excluding hydrogens is 262 g/mol. The lowest BCUT2D eigenvalue weighted by atomic mass is 9.78. The van der Waals surface area contributed by atoms with Gasteiger partial charge in [0.25, 0.3) is 5.56 Å². The van der Waals surface area contributed by atoms with Gasteiger partial charge in [0.1, 0.15) is 11.6 Å². The first-order chi connectivity index (χ1) is 10.1. The Bertz CT molecular complexity index is 539. The fourth-order valence-corrected chi connectivity index (χ4v) is 3.84. The number of nitrogens with zero attached hydrogens (tertiary/aromatic N) is 1. The SMILES string of the molecule is CC(C)CC1(CNc2cc(=O)[nH]c(C3CC3)n2)CCCC1. The van der Waals surface area contributed by atoms with Crippen molar-refractivity contribution in [3.8, 4) is 0 Å². The zero-order valence-corrected chi connectivity index (χ0v) is 13.2. The molecule has 2 saturated carbocycles. The van der Waals surface area contributed by atoms with Crippen molar-refractivity contribution in [2.45, 2.75) is 64.7 Å². The molecule has 0 saturated heterocycles. The molecule has 2 N–H and O–H groups in total. The van der Waals surface area contributed by atoms with Gasteiger partial charge >= 0.3 is 0 Å². The van der Waals surface area contributed by atoms with E-state index in [4.69, 9.17) is 0 Å². The van der Waals surface area contributed by atoms with E-state index < -0.39 is 0 Å². The van der Waals surface area contributed by atoms with Gasteiger partial charge in [-0.05, 0) is 43.4 Å². The summed E-state index contributed by atoms with van der Waals surface area (Å²) in [6.45, 7) is 5.55. The summed E-state index contributed by atoms with van der Waals surface area (Å²) in [4.78, 5) is 19.2. The fourth-order valence-electron chi connectivity index (χ4n) is 3.84. The van der Waals surface area contributed by atoms with Gasteiger partial charge in [-0.15, -0.1) is 0 Å². The molecule has 1 heterocycles. The maximum absolute atomic E-state index is 11.8. The Morgan fingerprint density at radius 1 is 1.38 bits per heavy atom. The molecule has 2 aliphatic rings. The molecule has 2 aliphatic carbocycles. The van der Waals surface area contributed by atoms with E-state index in [-0.39, 0.29) is 5.56 Å². The lowest BCUT2D eigenvalue weighted by Crippen LogP contribution is -2.29. The third-order valence-corrected chi connectivity index (χ3v) is 4.87. The summed E-state index contributed by atoms with van der Waals surface area (Å²) in [5.74, 6) is 2.83. The number of nitrogens with one attached hydrogen (secondary N) is 2. The molecule has 2 fully saturated rings. The molecule has 0 aliphatic heterocycles. The summed E-state index contributed by atoms with van der Waals surface area (Å²) in [6.07, 6.45) is 8.86. The van der Waals surface area contributed by atoms with Gasteiger partial charge in [-0.2, -0.15) is 0 Å². The van der Waals surface area contributed by atoms with Crippen LogP contribution in [-0.4, -0.2) is 16.5 Å². The first-order valence-electron chi connectivity index (χ1n) is 8.41. The average molecular weight is 289 g/mol. The van der Waals surface area contributed by atoms with Crippen LogP contribution < -0.4 is 10.9 Å². The largest absolute Gasteiger partial charge is 0.369 e. The molecule has 3 rings (SSSR count). The predicted molar refractivity (Wildman–Crippen MR) is 85.7 cm³/mol. The zero-order valence-electron chi connectivity index (χ0n) is 13.2. The van der Waals surface area contributed by atoms with E-state index in [9.17, 15) is 4.79 Å². The van der Waals surface area contributed by atoms with Crippen LogP contribution in [0.1, 0.15) is 70.5 Å². The van der Waals surface area contributed by atoms with Crippen LogP contribution in [0.3, 0.4) is 0 Å². The summed E-state index contributed by atoms with van der Waals surface area (Å²) >= 11 is 0. The van der Waals surface area contributed by atoms with Crippen LogP contribution in [0.4, 0.5) is 5.82 Å². The average Bonchev–Trinajstić information content (AvgIpc) is 3.17. The number of hydrogen-bond donors (Lipinski definition) is 2. The summed E-state index contributed by atoms with van der Waals surface area (Å²) in [6, 6.07) is 1.60. The molecule has 0 aromatic carbocycles. The van der Waals surface area contributed by atoms with Crippen LogP contribution in [0.5, 0.6) is 0 Å². The molecule has 1 aromatic rings. The summed E-state index contributed by atoms with van der Waals surface area (Å²) in [7, 11) is 0. The highest BCUT2D eigenvalue weighted by molar-refractivity contribution is 5.34. The van der Waals surface area contributed by atoms with Crippen molar-refractivity contribution >= 4 is 5.82 Å². The third kappa shape index (κ3) is 3.66. The lowest BCUT2D eigenvalue weighted by molar-refractivity contribution is 0.252. The molecule has 4 nitrogen and oxygen atoms in total. The van der Waals surface area contributed by atoms with Crippen molar-refractivity contribution in [2.75, 3.05) is 11.9 Å². The lowest BCUT2D eigenvalue weighted by Gasteiger charge is -2.31. The normalized spacial score (nSPS) is 20.9. The van der Waals surface area contributed by atoms with E-state index in [1.807, 2.05) is 0 Å². The molecule has 1 aromatic heterocycles. The molecule has 0 bridgehead atoms. The Hall–Kier alpha value is -1.32. The van der Waals surface area contributed by atoms with Crippen LogP contribution in [0, 0.1) is 11.3 Å². The van der Waals surface area contributed by atoms with Gasteiger partial charge in [-0.1, -0.05) is 26.7 Å². The van der Waals surface area contributed by atoms with Crippen molar-refractivity contribution < 1.29 is 0 Å². The number of aromatic nitrogens is 2. The monoisotopic (exact) mass is 289 g/mol. The molecule has 0 unspecified atom stereocenters. The van der Waals surface area contributed by atoms with E-state index >= 15 is 0 Å². The summed E-state index contributed by atoms with van der Waals surface area (Å²) < 4.78 is 0. The van der Waals surface area contributed by atoms with Gasteiger partial charge in [0.05, 0.1) is 0 Å². The Morgan fingerprint density at radius 3 is 2.71 bits per heavy atom. The molecule has 4 heteroatoms. The Morgan fingerprint density at radius 2 is 2.10 bits per heavy atom. The quantitative estimate of drug-likeness (QED) is 0.840. The summed E-state index contributed by atoms with van der Waals surface area (Å²) in [5, 5.41) is 3.47. The Kier molecular flexibility index (Phi) is 4.05. The standard InChI is InChI=1S/C17H27N3O/c1-12(2)10-17(7-3-4-8-17)11-18-14-9-15(21)20-16(19-14)13-5-6-13/h9,12-13H,3-8,10-11H2,1-2H3,(H2,18,19,20,21). The number of anilines is 1. The maximum Gasteiger partial charge on any atom is 0.252 e. The first kappa shape index (κ1) is 14.6. The predicted octanol–water partition coefficient (Wildman–Crippen LogP) is 3.67. The molecule has 0 atom stereocenters. The van der Waals surface area contributed by atoms with Gasteiger partial charge in [-0.25, -0.2) is 4.98 Å². The molecule has 0 radical (unpaired) electrons. The van der Waals surface area contributed by atoms with Crippen molar-refractivity contribution in [2.24, 2.45) is 11.3 Å². The second-order valence-corrected chi connectivity index (χ2v) is 7.45. The third-order valence-electron chi connectivity index (χ3n) is 4.87. The topological polar surface area (TPSA) is 57.8 Å². The molecule has 0 spiro atoms. The number of hydrogen-bond acceptors (Lipinski definition) is 3. The van der Waals surface area contributed by atoms with E-state index in [1.165, 1.54) is 32.1 Å².